The molecule has 1 fully saturated rings. The summed E-state index contributed by atoms with van der Waals surface area (Å²) in [6, 6.07) is 8.04. The van der Waals surface area contributed by atoms with Crippen molar-refractivity contribution in [2.45, 2.75) is 32.1 Å². The Bertz CT molecular complexity index is 415. The van der Waals surface area contributed by atoms with E-state index >= 15 is 0 Å². The molecular formula is C14H17BrN2. The van der Waals surface area contributed by atoms with Gasteiger partial charge in [0.2, 0.25) is 0 Å². The van der Waals surface area contributed by atoms with Gasteiger partial charge in [-0.05, 0) is 47.0 Å². The van der Waals surface area contributed by atoms with Crippen molar-refractivity contribution in [2.75, 3.05) is 18.0 Å². The molecule has 2 nitrogen and oxygen atoms in total. The number of halogens is 1. The second-order valence-corrected chi connectivity index (χ2v) is 5.39. The molecule has 1 aromatic carbocycles. The van der Waals surface area contributed by atoms with Crippen molar-refractivity contribution in [2.24, 2.45) is 0 Å². The Kier molecular flexibility index (Phi) is 4.44. The lowest BCUT2D eigenvalue weighted by molar-refractivity contribution is 0.556. The van der Waals surface area contributed by atoms with Gasteiger partial charge in [-0.25, -0.2) is 0 Å². The molecule has 90 valence electrons. The van der Waals surface area contributed by atoms with Crippen molar-refractivity contribution in [1.29, 1.82) is 5.26 Å². The Morgan fingerprint density at radius 1 is 1.06 bits per heavy atom. The Balaban J connectivity index is 2.17. The average molecular weight is 293 g/mol. The van der Waals surface area contributed by atoms with Gasteiger partial charge in [0.1, 0.15) is 0 Å². The van der Waals surface area contributed by atoms with Crippen LogP contribution < -0.4 is 4.90 Å². The summed E-state index contributed by atoms with van der Waals surface area (Å²) < 4.78 is 1.04. The highest BCUT2D eigenvalue weighted by Crippen LogP contribution is 2.28. The van der Waals surface area contributed by atoms with Crippen LogP contribution in [-0.4, -0.2) is 13.1 Å². The van der Waals surface area contributed by atoms with E-state index in [1.165, 1.54) is 37.8 Å². The first-order valence-corrected chi connectivity index (χ1v) is 7.05. The van der Waals surface area contributed by atoms with Crippen molar-refractivity contribution in [1.82, 2.24) is 0 Å². The van der Waals surface area contributed by atoms with Gasteiger partial charge >= 0.3 is 0 Å². The number of anilines is 1. The zero-order chi connectivity index (χ0) is 12.1. The van der Waals surface area contributed by atoms with Crippen molar-refractivity contribution < 1.29 is 0 Å². The van der Waals surface area contributed by atoms with Crippen molar-refractivity contribution in [3.05, 3.63) is 28.2 Å². The molecule has 1 saturated heterocycles. The lowest BCUT2D eigenvalue weighted by Gasteiger charge is -2.27. The van der Waals surface area contributed by atoms with Crippen molar-refractivity contribution >= 4 is 21.6 Å². The summed E-state index contributed by atoms with van der Waals surface area (Å²) in [6.07, 6.45) is 6.59. The van der Waals surface area contributed by atoms with E-state index in [0.29, 0.717) is 5.56 Å². The predicted molar refractivity (Wildman–Crippen MR) is 74.2 cm³/mol. The normalized spacial score (nSPS) is 17.1. The summed E-state index contributed by atoms with van der Waals surface area (Å²) in [5, 5.41) is 8.86. The second kappa shape index (κ2) is 6.07. The van der Waals surface area contributed by atoms with Crippen LogP contribution in [0.4, 0.5) is 5.69 Å². The molecule has 0 saturated carbocycles. The molecule has 17 heavy (non-hydrogen) atoms. The van der Waals surface area contributed by atoms with Gasteiger partial charge in [-0.1, -0.05) is 19.3 Å². The molecule has 0 unspecified atom stereocenters. The number of benzene rings is 1. The van der Waals surface area contributed by atoms with Crippen LogP contribution in [-0.2, 0) is 0 Å². The summed E-state index contributed by atoms with van der Waals surface area (Å²) in [6.45, 7) is 2.26. The Labute approximate surface area is 111 Å². The first-order chi connectivity index (χ1) is 8.31. The SMILES string of the molecule is N#Cc1ccc(N2CCCCCCC2)c(Br)c1. The van der Waals surface area contributed by atoms with Crippen molar-refractivity contribution in [3.63, 3.8) is 0 Å². The van der Waals surface area contributed by atoms with Crippen LogP contribution in [0, 0.1) is 11.3 Å². The molecule has 1 heterocycles. The fourth-order valence-corrected chi connectivity index (χ4v) is 2.95. The van der Waals surface area contributed by atoms with Gasteiger partial charge in [-0.3, -0.25) is 0 Å². The Morgan fingerprint density at radius 3 is 2.29 bits per heavy atom. The van der Waals surface area contributed by atoms with E-state index in [4.69, 9.17) is 5.26 Å². The van der Waals surface area contributed by atoms with Crippen LogP contribution in [0.25, 0.3) is 0 Å². The molecule has 3 heteroatoms. The molecule has 0 radical (unpaired) electrons. The van der Waals surface area contributed by atoms with Crippen LogP contribution in [0.3, 0.4) is 0 Å². The Morgan fingerprint density at radius 2 is 1.71 bits per heavy atom. The molecule has 1 aliphatic heterocycles. The molecule has 0 aliphatic carbocycles. The van der Waals surface area contributed by atoms with Gasteiger partial charge in [0.05, 0.1) is 17.3 Å². The molecule has 0 atom stereocenters. The van der Waals surface area contributed by atoms with Gasteiger partial charge in [0, 0.05) is 17.6 Å². The molecule has 0 aromatic heterocycles. The van der Waals surface area contributed by atoms with Gasteiger partial charge in [-0.15, -0.1) is 0 Å². The number of nitriles is 1. The fourth-order valence-electron chi connectivity index (χ4n) is 2.32. The van der Waals surface area contributed by atoms with E-state index in [1.807, 2.05) is 12.1 Å². The predicted octanol–water partition coefficient (Wildman–Crippen LogP) is 4.09. The maximum absolute atomic E-state index is 8.86. The van der Waals surface area contributed by atoms with Crippen molar-refractivity contribution in [3.8, 4) is 6.07 Å². The first-order valence-electron chi connectivity index (χ1n) is 6.26. The third kappa shape index (κ3) is 3.23. The monoisotopic (exact) mass is 292 g/mol. The maximum atomic E-state index is 8.86. The molecule has 0 amide bonds. The van der Waals surface area contributed by atoms with Gasteiger partial charge in [0.25, 0.3) is 0 Å². The summed E-state index contributed by atoms with van der Waals surface area (Å²) in [7, 11) is 0. The highest BCUT2D eigenvalue weighted by molar-refractivity contribution is 9.10. The molecular weight excluding hydrogens is 276 g/mol. The average Bonchev–Trinajstić information content (AvgIpc) is 2.29. The second-order valence-electron chi connectivity index (χ2n) is 4.53. The zero-order valence-corrected chi connectivity index (χ0v) is 11.5. The topological polar surface area (TPSA) is 27.0 Å². The largest absolute Gasteiger partial charge is 0.371 e. The molecule has 1 aliphatic rings. The van der Waals surface area contributed by atoms with Crippen LogP contribution in [0.5, 0.6) is 0 Å². The van der Waals surface area contributed by atoms with E-state index < -0.39 is 0 Å². The quantitative estimate of drug-likeness (QED) is 0.779. The van der Waals surface area contributed by atoms with Crippen LogP contribution in [0.15, 0.2) is 22.7 Å². The lowest BCUT2D eigenvalue weighted by Crippen LogP contribution is -2.27. The van der Waals surface area contributed by atoms with E-state index in [-0.39, 0.29) is 0 Å². The maximum Gasteiger partial charge on any atom is 0.0992 e. The fraction of sp³-hybridized carbons (Fsp3) is 0.500. The highest BCUT2D eigenvalue weighted by atomic mass is 79.9. The number of rotatable bonds is 1. The minimum absolute atomic E-state index is 0.715. The Hall–Kier alpha value is -1.01. The summed E-state index contributed by atoms with van der Waals surface area (Å²) >= 11 is 3.58. The van der Waals surface area contributed by atoms with E-state index in [9.17, 15) is 0 Å². The van der Waals surface area contributed by atoms with Crippen LogP contribution >= 0.6 is 15.9 Å². The molecule has 2 rings (SSSR count). The van der Waals surface area contributed by atoms with Gasteiger partial charge < -0.3 is 4.90 Å². The van der Waals surface area contributed by atoms with Gasteiger partial charge in [0.15, 0.2) is 0 Å². The number of hydrogen-bond acceptors (Lipinski definition) is 2. The third-order valence-electron chi connectivity index (χ3n) is 3.27. The summed E-state index contributed by atoms with van der Waals surface area (Å²) in [5.74, 6) is 0. The summed E-state index contributed by atoms with van der Waals surface area (Å²) in [5.41, 5.74) is 1.94. The van der Waals surface area contributed by atoms with Gasteiger partial charge in [-0.2, -0.15) is 5.26 Å². The molecule has 0 bridgehead atoms. The van der Waals surface area contributed by atoms with E-state index in [1.54, 1.807) is 0 Å². The number of nitrogens with zero attached hydrogens (tertiary/aromatic N) is 2. The molecule has 1 aromatic rings. The number of hydrogen-bond donors (Lipinski definition) is 0. The molecule has 0 N–H and O–H groups in total. The third-order valence-corrected chi connectivity index (χ3v) is 3.91. The minimum Gasteiger partial charge on any atom is -0.371 e. The zero-order valence-electron chi connectivity index (χ0n) is 9.95. The minimum atomic E-state index is 0.715. The highest BCUT2D eigenvalue weighted by Gasteiger charge is 2.12. The standard InChI is InChI=1S/C14H17BrN2/c15-13-10-12(11-16)6-7-14(13)17-8-4-2-1-3-5-9-17/h6-7,10H,1-5,8-9H2. The summed E-state index contributed by atoms with van der Waals surface area (Å²) in [4.78, 5) is 2.43. The van der Waals surface area contributed by atoms with E-state index in [0.717, 1.165) is 17.6 Å². The van der Waals surface area contributed by atoms with Crippen LogP contribution in [0.2, 0.25) is 0 Å². The van der Waals surface area contributed by atoms with Crippen LogP contribution in [0.1, 0.15) is 37.7 Å². The molecule has 0 spiro atoms. The smallest absolute Gasteiger partial charge is 0.0992 e. The van der Waals surface area contributed by atoms with E-state index in [2.05, 4.69) is 33.0 Å². The lowest BCUT2D eigenvalue weighted by atomic mass is 10.1. The first kappa shape index (κ1) is 12.4.